The highest BCUT2D eigenvalue weighted by Gasteiger charge is 2.32. The number of rotatable bonds is 6. The van der Waals surface area contributed by atoms with Gasteiger partial charge in [0.1, 0.15) is 11.9 Å². The van der Waals surface area contributed by atoms with Gasteiger partial charge in [-0.25, -0.2) is 4.98 Å². The summed E-state index contributed by atoms with van der Waals surface area (Å²) in [7, 11) is 0. The quantitative estimate of drug-likeness (QED) is 0.849. The van der Waals surface area contributed by atoms with Gasteiger partial charge in [-0.2, -0.15) is 0 Å². The van der Waals surface area contributed by atoms with Gasteiger partial charge in [0.25, 0.3) is 0 Å². The molecule has 0 radical (unpaired) electrons. The van der Waals surface area contributed by atoms with Crippen molar-refractivity contribution in [3.8, 4) is 0 Å². The van der Waals surface area contributed by atoms with Crippen LogP contribution in [0.3, 0.4) is 0 Å². The molecule has 6 heteroatoms. The van der Waals surface area contributed by atoms with Crippen molar-refractivity contribution in [1.29, 1.82) is 0 Å². The Balaban J connectivity index is 1.32. The Labute approximate surface area is 162 Å². The fraction of sp³-hybridized carbons (Fsp3) is 0.619. The molecule has 2 aliphatic rings. The number of pyridine rings is 1. The van der Waals surface area contributed by atoms with Gasteiger partial charge in [0, 0.05) is 56.6 Å². The van der Waals surface area contributed by atoms with Crippen molar-refractivity contribution >= 4 is 0 Å². The predicted molar refractivity (Wildman–Crippen MR) is 105 cm³/mol. The van der Waals surface area contributed by atoms with Crippen LogP contribution in [0.5, 0.6) is 0 Å². The highest BCUT2D eigenvalue weighted by atomic mass is 16.5. The zero-order valence-corrected chi connectivity index (χ0v) is 16.3. The summed E-state index contributed by atoms with van der Waals surface area (Å²) in [6.45, 7) is 7.25. The maximum atomic E-state index is 6.16. The third kappa shape index (κ3) is 4.57. The molecular weight excluding hydrogens is 338 g/mol. The van der Waals surface area contributed by atoms with Crippen molar-refractivity contribution in [2.45, 2.75) is 63.9 Å². The Kier molecular flexibility index (Phi) is 6.17. The minimum atomic E-state index is 0.0727. The van der Waals surface area contributed by atoms with Crippen molar-refractivity contribution in [3.63, 3.8) is 0 Å². The van der Waals surface area contributed by atoms with Crippen LogP contribution in [0.15, 0.2) is 36.9 Å². The summed E-state index contributed by atoms with van der Waals surface area (Å²) in [5.41, 5.74) is 1.35. The fourth-order valence-electron chi connectivity index (χ4n) is 4.36. The van der Waals surface area contributed by atoms with E-state index in [4.69, 9.17) is 4.74 Å². The second kappa shape index (κ2) is 8.95. The highest BCUT2D eigenvalue weighted by Crippen LogP contribution is 2.29. The first-order valence-corrected chi connectivity index (χ1v) is 10.3. The SMILES string of the molecule is CCn1ccnc1[C@H]1OCCC[C@@H]1NC1CCN(Cc2ccncc2)CC1. The monoisotopic (exact) mass is 369 g/mol. The molecule has 1 N–H and O–H groups in total. The molecule has 2 aromatic heterocycles. The van der Waals surface area contributed by atoms with Gasteiger partial charge in [0.05, 0.1) is 0 Å². The fourth-order valence-corrected chi connectivity index (χ4v) is 4.36. The van der Waals surface area contributed by atoms with Crippen LogP contribution < -0.4 is 5.32 Å². The summed E-state index contributed by atoms with van der Waals surface area (Å²) in [6, 6.07) is 5.16. The summed E-state index contributed by atoms with van der Waals surface area (Å²) in [5.74, 6) is 1.07. The molecule has 2 atom stereocenters. The van der Waals surface area contributed by atoms with Crippen molar-refractivity contribution in [2.24, 2.45) is 0 Å². The second-order valence-electron chi connectivity index (χ2n) is 7.68. The number of nitrogens with one attached hydrogen (secondary N) is 1. The molecule has 4 rings (SSSR count). The number of hydrogen-bond donors (Lipinski definition) is 1. The van der Waals surface area contributed by atoms with Crippen molar-refractivity contribution in [1.82, 2.24) is 24.8 Å². The number of piperidine rings is 1. The summed E-state index contributed by atoms with van der Waals surface area (Å²) in [4.78, 5) is 11.3. The van der Waals surface area contributed by atoms with Gasteiger partial charge >= 0.3 is 0 Å². The molecule has 0 saturated carbocycles. The lowest BCUT2D eigenvalue weighted by molar-refractivity contribution is -0.0230. The van der Waals surface area contributed by atoms with Crippen molar-refractivity contribution in [3.05, 3.63) is 48.3 Å². The lowest BCUT2D eigenvalue weighted by Gasteiger charge is -2.38. The summed E-state index contributed by atoms with van der Waals surface area (Å²) in [6.07, 6.45) is 12.5. The molecule has 2 aromatic rings. The molecule has 0 bridgehead atoms. The zero-order valence-electron chi connectivity index (χ0n) is 16.3. The first-order valence-electron chi connectivity index (χ1n) is 10.3. The number of imidazole rings is 1. The molecule has 4 heterocycles. The van der Waals surface area contributed by atoms with Crippen LogP contribution in [-0.4, -0.2) is 51.2 Å². The van der Waals surface area contributed by atoms with Gasteiger partial charge in [-0.1, -0.05) is 0 Å². The maximum Gasteiger partial charge on any atom is 0.139 e. The first-order chi connectivity index (χ1) is 13.3. The minimum absolute atomic E-state index is 0.0727. The van der Waals surface area contributed by atoms with E-state index in [0.29, 0.717) is 12.1 Å². The van der Waals surface area contributed by atoms with Gasteiger partial charge in [-0.15, -0.1) is 0 Å². The van der Waals surface area contributed by atoms with Gasteiger partial charge in [-0.05, 0) is 63.4 Å². The Morgan fingerprint density at radius 3 is 2.74 bits per heavy atom. The molecule has 0 aromatic carbocycles. The molecule has 0 amide bonds. The molecule has 0 aliphatic carbocycles. The third-order valence-corrected chi connectivity index (χ3v) is 5.86. The average molecular weight is 370 g/mol. The molecule has 27 heavy (non-hydrogen) atoms. The van der Waals surface area contributed by atoms with Gasteiger partial charge in [0.2, 0.25) is 0 Å². The van der Waals surface area contributed by atoms with Crippen molar-refractivity contribution in [2.75, 3.05) is 19.7 Å². The lowest BCUT2D eigenvalue weighted by Crippen LogP contribution is -2.49. The van der Waals surface area contributed by atoms with E-state index in [1.165, 1.54) is 24.8 Å². The standard InChI is InChI=1S/C21H31N5O/c1-2-26-14-11-23-21(26)20-19(4-3-15-27-20)24-18-7-12-25(13-8-18)16-17-5-9-22-10-6-17/h5-6,9-11,14,18-20,24H,2-4,7-8,12-13,15-16H2,1H3/t19-,20-/m0/s1. The van der Waals surface area contributed by atoms with Crippen LogP contribution in [0.4, 0.5) is 0 Å². The largest absolute Gasteiger partial charge is 0.369 e. The number of likely N-dealkylation sites (tertiary alicyclic amines) is 1. The number of hydrogen-bond acceptors (Lipinski definition) is 5. The predicted octanol–water partition coefficient (Wildman–Crippen LogP) is 2.77. The molecule has 0 unspecified atom stereocenters. The molecule has 0 spiro atoms. The summed E-state index contributed by atoms with van der Waals surface area (Å²) in [5, 5.41) is 3.92. The van der Waals surface area contributed by atoms with Crippen LogP contribution in [0.25, 0.3) is 0 Å². The van der Waals surface area contributed by atoms with E-state index in [-0.39, 0.29) is 6.10 Å². The average Bonchev–Trinajstić information content (AvgIpc) is 3.19. The number of aromatic nitrogens is 3. The number of nitrogens with zero attached hydrogens (tertiary/aromatic N) is 4. The summed E-state index contributed by atoms with van der Waals surface area (Å²) >= 11 is 0. The van der Waals surface area contributed by atoms with Crippen molar-refractivity contribution < 1.29 is 4.74 Å². The van der Waals surface area contributed by atoms with Gasteiger partial charge in [0.15, 0.2) is 0 Å². The number of aryl methyl sites for hydroxylation is 1. The van der Waals surface area contributed by atoms with Gasteiger partial charge in [-0.3, -0.25) is 9.88 Å². The smallest absolute Gasteiger partial charge is 0.139 e. The molecular formula is C21H31N5O. The van der Waals surface area contributed by atoms with Crippen LogP contribution in [0.2, 0.25) is 0 Å². The molecule has 146 valence electrons. The normalized spacial score (nSPS) is 24.9. The van der Waals surface area contributed by atoms with Crippen LogP contribution in [0, 0.1) is 0 Å². The molecule has 6 nitrogen and oxygen atoms in total. The molecule has 2 saturated heterocycles. The Bertz CT molecular complexity index is 696. The minimum Gasteiger partial charge on any atom is -0.369 e. The first kappa shape index (κ1) is 18.6. The molecule has 2 aliphatic heterocycles. The van der Waals surface area contributed by atoms with E-state index in [1.54, 1.807) is 0 Å². The van der Waals surface area contributed by atoms with Crippen LogP contribution >= 0.6 is 0 Å². The maximum absolute atomic E-state index is 6.16. The Morgan fingerprint density at radius 1 is 1.15 bits per heavy atom. The lowest BCUT2D eigenvalue weighted by atomic mass is 9.97. The van der Waals surface area contributed by atoms with E-state index in [2.05, 4.69) is 50.0 Å². The Hall–Kier alpha value is -1.76. The van der Waals surface area contributed by atoms with E-state index in [9.17, 15) is 0 Å². The molecule has 2 fully saturated rings. The topological polar surface area (TPSA) is 55.2 Å². The van der Waals surface area contributed by atoms with E-state index >= 15 is 0 Å². The highest BCUT2D eigenvalue weighted by molar-refractivity contribution is 5.09. The van der Waals surface area contributed by atoms with E-state index in [1.807, 2.05) is 18.6 Å². The van der Waals surface area contributed by atoms with Crippen LogP contribution in [0.1, 0.15) is 50.1 Å². The second-order valence-corrected chi connectivity index (χ2v) is 7.68. The third-order valence-electron chi connectivity index (χ3n) is 5.86. The van der Waals surface area contributed by atoms with E-state index in [0.717, 1.165) is 45.0 Å². The summed E-state index contributed by atoms with van der Waals surface area (Å²) < 4.78 is 8.37. The zero-order chi connectivity index (χ0) is 18.5. The van der Waals surface area contributed by atoms with E-state index < -0.39 is 0 Å². The number of ether oxygens (including phenoxy) is 1. The van der Waals surface area contributed by atoms with Gasteiger partial charge < -0.3 is 14.6 Å². The Morgan fingerprint density at radius 2 is 1.96 bits per heavy atom. The van der Waals surface area contributed by atoms with Crippen LogP contribution in [-0.2, 0) is 17.8 Å².